The molecule has 0 spiro atoms. The van der Waals surface area contributed by atoms with Crippen LogP contribution in [0, 0.1) is 0 Å². The highest BCUT2D eigenvalue weighted by Gasteiger charge is 2.10. The van der Waals surface area contributed by atoms with Crippen molar-refractivity contribution in [2.45, 2.75) is 0 Å². The molecule has 0 amide bonds. The van der Waals surface area contributed by atoms with Gasteiger partial charge in [0.1, 0.15) is 11.5 Å². The van der Waals surface area contributed by atoms with Crippen molar-refractivity contribution < 1.29 is 4.74 Å². The van der Waals surface area contributed by atoms with E-state index in [1.54, 1.807) is 0 Å². The summed E-state index contributed by atoms with van der Waals surface area (Å²) in [5, 5.41) is 0. The fourth-order valence-corrected chi connectivity index (χ4v) is 2.54. The Morgan fingerprint density at radius 2 is 1.18 bits per heavy atom. The number of benzene rings is 2. The maximum absolute atomic E-state index is 5.91. The van der Waals surface area contributed by atoms with E-state index in [9.17, 15) is 0 Å². The van der Waals surface area contributed by atoms with Gasteiger partial charge in [0.25, 0.3) is 0 Å². The van der Waals surface area contributed by atoms with Crippen LogP contribution in [0.1, 0.15) is 11.1 Å². The summed E-state index contributed by atoms with van der Waals surface area (Å²) in [5.74, 6) is 1.76. The highest BCUT2D eigenvalue weighted by Crippen LogP contribution is 2.36. The van der Waals surface area contributed by atoms with Gasteiger partial charge < -0.3 is 4.74 Å². The first kappa shape index (κ1) is 11.1. The first-order valence-corrected chi connectivity index (χ1v) is 6.76. The third-order valence-electron chi connectivity index (χ3n) is 2.61. The lowest BCUT2D eigenvalue weighted by Crippen LogP contribution is -1.87. The lowest BCUT2D eigenvalue weighted by atomic mass is 10.1. The molecule has 0 fully saturated rings. The van der Waals surface area contributed by atoms with Crippen molar-refractivity contribution in [3.8, 4) is 11.5 Å². The monoisotopic (exact) mass is 350 g/mol. The van der Waals surface area contributed by atoms with Crippen molar-refractivity contribution in [2.75, 3.05) is 0 Å². The quantitative estimate of drug-likeness (QED) is 0.520. The van der Waals surface area contributed by atoms with Gasteiger partial charge in [-0.3, -0.25) is 0 Å². The number of fused-ring (bicyclic) bond motifs is 2. The van der Waals surface area contributed by atoms with Crippen molar-refractivity contribution in [3.05, 3.63) is 56.5 Å². The summed E-state index contributed by atoms with van der Waals surface area (Å²) < 4.78 is 8.01. The average molecular weight is 352 g/mol. The van der Waals surface area contributed by atoms with Crippen LogP contribution in [0.3, 0.4) is 0 Å². The zero-order chi connectivity index (χ0) is 11.8. The largest absolute Gasteiger partial charge is 0.456 e. The molecule has 17 heavy (non-hydrogen) atoms. The molecule has 3 rings (SSSR count). The molecule has 1 heterocycles. The predicted octanol–water partition coefficient (Wildman–Crippen LogP) is 5.49. The van der Waals surface area contributed by atoms with Crippen LogP contribution in [-0.4, -0.2) is 0 Å². The third-order valence-corrected chi connectivity index (χ3v) is 3.59. The fourth-order valence-electron chi connectivity index (χ4n) is 1.78. The zero-order valence-electron chi connectivity index (χ0n) is 8.78. The van der Waals surface area contributed by atoms with Gasteiger partial charge in [-0.15, -0.1) is 0 Å². The van der Waals surface area contributed by atoms with E-state index in [0.29, 0.717) is 0 Å². The minimum atomic E-state index is 0.880. The van der Waals surface area contributed by atoms with Crippen molar-refractivity contribution >= 4 is 44.0 Å². The highest BCUT2D eigenvalue weighted by atomic mass is 79.9. The second kappa shape index (κ2) is 4.31. The van der Waals surface area contributed by atoms with Gasteiger partial charge in [-0.1, -0.05) is 44.0 Å². The molecule has 0 N–H and O–H groups in total. The minimum absolute atomic E-state index is 0.880. The van der Waals surface area contributed by atoms with E-state index in [4.69, 9.17) is 4.74 Å². The smallest absolute Gasteiger partial charge is 0.134 e. The Balaban J connectivity index is 2.16. The van der Waals surface area contributed by atoms with Crippen LogP contribution in [0.15, 0.2) is 45.3 Å². The Morgan fingerprint density at radius 3 is 1.65 bits per heavy atom. The predicted molar refractivity (Wildman–Crippen MR) is 77.3 cm³/mol. The summed E-state index contributed by atoms with van der Waals surface area (Å²) in [6.07, 6.45) is 4.14. The van der Waals surface area contributed by atoms with Crippen LogP contribution >= 0.6 is 31.9 Å². The molecule has 0 atom stereocenters. The molecule has 0 aliphatic carbocycles. The first-order chi connectivity index (χ1) is 8.22. The van der Waals surface area contributed by atoms with Crippen molar-refractivity contribution in [1.82, 2.24) is 0 Å². The second-order valence-electron chi connectivity index (χ2n) is 3.80. The number of halogens is 2. The lowest BCUT2D eigenvalue weighted by Gasteiger charge is -2.09. The molecular weight excluding hydrogens is 344 g/mol. The van der Waals surface area contributed by atoms with Gasteiger partial charge in [0, 0.05) is 20.1 Å². The van der Waals surface area contributed by atoms with Gasteiger partial charge in [-0.2, -0.15) is 0 Å². The summed E-state index contributed by atoms with van der Waals surface area (Å²) in [4.78, 5) is 0. The van der Waals surface area contributed by atoms with E-state index < -0.39 is 0 Å². The molecule has 0 saturated heterocycles. The zero-order valence-corrected chi connectivity index (χ0v) is 12.0. The van der Waals surface area contributed by atoms with Crippen LogP contribution in [0.2, 0.25) is 0 Å². The maximum Gasteiger partial charge on any atom is 0.134 e. The summed E-state index contributed by atoms with van der Waals surface area (Å²) in [5.41, 5.74) is 2.15. The first-order valence-electron chi connectivity index (χ1n) is 5.17. The van der Waals surface area contributed by atoms with E-state index in [-0.39, 0.29) is 0 Å². The molecule has 0 aromatic heterocycles. The SMILES string of the molecule is Brc1ccc2c(c1)C=Cc1cc(Br)ccc1O2. The molecule has 0 unspecified atom stereocenters. The van der Waals surface area contributed by atoms with E-state index in [1.807, 2.05) is 36.4 Å². The maximum atomic E-state index is 5.91. The van der Waals surface area contributed by atoms with Gasteiger partial charge in [0.05, 0.1) is 0 Å². The average Bonchev–Trinajstić information content (AvgIpc) is 2.48. The van der Waals surface area contributed by atoms with Gasteiger partial charge in [-0.25, -0.2) is 0 Å². The molecule has 0 radical (unpaired) electrons. The van der Waals surface area contributed by atoms with Gasteiger partial charge >= 0.3 is 0 Å². The Labute approximate surface area is 116 Å². The van der Waals surface area contributed by atoms with E-state index >= 15 is 0 Å². The molecule has 1 aliphatic heterocycles. The fraction of sp³-hybridized carbons (Fsp3) is 0. The summed E-state index contributed by atoms with van der Waals surface area (Å²) in [7, 11) is 0. The summed E-state index contributed by atoms with van der Waals surface area (Å²) in [6, 6.07) is 12.0. The van der Waals surface area contributed by atoms with Crippen molar-refractivity contribution in [3.63, 3.8) is 0 Å². The van der Waals surface area contributed by atoms with Crippen LogP contribution in [0.5, 0.6) is 11.5 Å². The van der Waals surface area contributed by atoms with E-state index in [0.717, 1.165) is 31.6 Å². The molecule has 2 aromatic rings. The van der Waals surface area contributed by atoms with Crippen molar-refractivity contribution in [1.29, 1.82) is 0 Å². The van der Waals surface area contributed by atoms with Gasteiger partial charge in [0.15, 0.2) is 0 Å². The Morgan fingerprint density at radius 1 is 0.706 bits per heavy atom. The Bertz CT molecular complexity index is 564. The molecule has 1 aliphatic rings. The molecular formula is C14H8Br2O. The van der Waals surface area contributed by atoms with Crippen molar-refractivity contribution in [2.24, 2.45) is 0 Å². The molecule has 2 aromatic carbocycles. The summed E-state index contributed by atoms with van der Waals surface area (Å²) in [6.45, 7) is 0. The Hall–Kier alpha value is -1.06. The van der Waals surface area contributed by atoms with E-state index in [1.165, 1.54) is 0 Å². The third kappa shape index (κ3) is 2.17. The molecule has 3 heteroatoms. The Kier molecular flexibility index (Phi) is 2.81. The number of ether oxygens (including phenoxy) is 1. The molecule has 1 nitrogen and oxygen atoms in total. The second-order valence-corrected chi connectivity index (χ2v) is 5.63. The normalized spacial score (nSPS) is 12.4. The highest BCUT2D eigenvalue weighted by molar-refractivity contribution is 9.10. The molecule has 84 valence electrons. The number of hydrogen-bond acceptors (Lipinski definition) is 1. The molecule has 0 saturated carbocycles. The lowest BCUT2D eigenvalue weighted by molar-refractivity contribution is 0.481. The van der Waals surface area contributed by atoms with Gasteiger partial charge in [-0.05, 0) is 36.4 Å². The van der Waals surface area contributed by atoms with Crippen LogP contribution in [0.25, 0.3) is 12.2 Å². The van der Waals surface area contributed by atoms with Crippen LogP contribution in [-0.2, 0) is 0 Å². The van der Waals surface area contributed by atoms with Crippen LogP contribution in [0.4, 0.5) is 0 Å². The number of rotatable bonds is 0. The standard InChI is InChI=1S/C14H8Br2O/c15-11-3-5-13-9(7-11)1-2-10-8-12(16)4-6-14(10)17-13/h1-8H. The minimum Gasteiger partial charge on any atom is -0.456 e. The van der Waals surface area contributed by atoms with Crippen LogP contribution < -0.4 is 4.74 Å². The van der Waals surface area contributed by atoms with E-state index in [2.05, 4.69) is 44.0 Å². The molecule has 0 bridgehead atoms. The van der Waals surface area contributed by atoms with Gasteiger partial charge in [0.2, 0.25) is 0 Å². The number of hydrogen-bond donors (Lipinski definition) is 0. The summed E-state index contributed by atoms with van der Waals surface area (Å²) >= 11 is 6.93. The topological polar surface area (TPSA) is 9.23 Å².